The lowest BCUT2D eigenvalue weighted by Crippen LogP contribution is -1.94. The van der Waals surface area contributed by atoms with Crippen LogP contribution in [0.4, 0.5) is 0 Å². The van der Waals surface area contributed by atoms with Gasteiger partial charge < -0.3 is 0 Å². The Morgan fingerprint density at radius 1 is 1.25 bits per heavy atom. The molecule has 8 nitrogen and oxygen atoms in total. The van der Waals surface area contributed by atoms with E-state index < -0.39 is 0 Å². The summed E-state index contributed by atoms with van der Waals surface area (Å²) < 4.78 is 1.66. The van der Waals surface area contributed by atoms with Crippen LogP contribution >= 0.6 is 23.5 Å². The van der Waals surface area contributed by atoms with Crippen LogP contribution in [0, 0.1) is 0 Å². The summed E-state index contributed by atoms with van der Waals surface area (Å²) in [7, 11) is 1.83. The van der Waals surface area contributed by atoms with Crippen molar-refractivity contribution in [3.05, 3.63) is 0 Å². The Balaban J connectivity index is 1.61. The molecule has 2 aromatic rings. The van der Waals surface area contributed by atoms with Crippen molar-refractivity contribution in [3.63, 3.8) is 0 Å². The summed E-state index contributed by atoms with van der Waals surface area (Å²) in [4.78, 5) is 0. The molecule has 0 spiro atoms. The predicted octanol–water partition coefficient (Wildman–Crippen LogP) is -0.00230. The van der Waals surface area contributed by atoms with E-state index in [2.05, 4.69) is 36.1 Å². The van der Waals surface area contributed by atoms with Crippen molar-refractivity contribution in [1.29, 1.82) is 0 Å². The Labute approximate surface area is 100.0 Å². The Bertz CT molecular complexity index is 412. The highest BCUT2D eigenvalue weighted by Crippen LogP contribution is 2.17. The maximum absolute atomic E-state index is 3.88. The third kappa shape index (κ3) is 3.17. The summed E-state index contributed by atoms with van der Waals surface area (Å²) in [5.74, 6) is 1.93. The van der Waals surface area contributed by atoms with Gasteiger partial charge in [-0.05, 0) is 22.1 Å². The third-order valence-electron chi connectivity index (χ3n) is 1.66. The highest BCUT2D eigenvalue weighted by atomic mass is 32.2. The second-order valence-electron chi connectivity index (χ2n) is 2.83. The minimum absolute atomic E-state index is 0.685. The lowest BCUT2D eigenvalue weighted by molar-refractivity contribution is 0.664. The van der Waals surface area contributed by atoms with Gasteiger partial charge in [-0.2, -0.15) is 5.21 Å². The number of hydrogen-bond acceptors (Lipinski definition) is 8. The number of H-pyrrole nitrogens is 1. The normalized spacial score (nSPS) is 10.8. The van der Waals surface area contributed by atoms with Crippen molar-refractivity contribution in [1.82, 2.24) is 40.8 Å². The number of tetrazole rings is 2. The van der Waals surface area contributed by atoms with Crippen LogP contribution in [0.3, 0.4) is 0 Å². The van der Waals surface area contributed by atoms with Crippen molar-refractivity contribution in [2.75, 3.05) is 11.5 Å². The number of aromatic nitrogens is 8. The summed E-state index contributed by atoms with van der Waals surface area (Å²) in [6.45, 7) is 0. The molecule has 0 atom stereocenters. The van der Waals surface area contributed by atoms with Crippen LogP contribution in [0.1, 0.15) is 6.42 Å². The predicted molar refractivity (Wildman–Crippen MR) is 59.0 cm³/mol. The van der Waals surface area contributed by atoms with Crippen LogP contribution in [0.25, 0.3) is 0 Å². The zero-order valence-corrected chi connectivity index (χ0v) is 10.2. The average molecular weight is 258 g/mol. The molecule has 0 radical (unpaired) electrons. The van der Waals surface area contributed by atoms with Gasteiger partial charge in [-0.15, -0.1) is 15.3 Å². The van der Waals surface area contributed by atoms with Gasteiger partial charge in [0.15, 0.2) is 0 Å². The first-order valence-corrected chi connectivity index (χ1v) is 6.55. The fourth-order valence-corrected chi connectivity index (χ4v) is 2.59. The highest BCUT2D eigenvalue weighted by molar-refractivity contribution is 8.00. The van der Waals surface area contributed by atoms with Crippen molar-refractivity contribution >= 4 is 23.5 Å². The zero-order valence-electron chi connectivity index (χ0n) is 8.57. The topological polar surface area (TPSA) is 98.1 Å². The molecular weight excluding hydrogens is 248 g/mol. The molecule has 1 N–H and O–H groups in total. The number of thioether (sulfide) groups is 2. The molecule has 0 aliphatic rings. The van der Waals surface area contributed by atoms with Gasteiger partial charge in [-0.1, -0.05) is 23.5 Å². The molecule has 0 amide bonds. The second-order valence-corrected chi connectivity index (χ2v) is 4.95. The fraction of sp³-hybridized carbons (Fsp3) is 0.667. The monoisotopic (exact) mass is 258 g/mol. The van der Waals surface area contributed by atoms with Crippen molar-refractivity contribution in [2.24, 2.45) is 7.05 Å². The van der Waals surface area contributed by atoms with E-state index in [9.17, 15) is 0 Å². The average Bonchev–Trinajstić information content (AvgIpc) is 2.90. The summed E-state index contributed by atoms with van der Waals surface area (Å²) in [6.07, 6.45) is 1.04. The standard InChI is InChI=1S/C6H10N8S2/c1-14-6(9-12-13-14)16-4-2-3-15-5-7-10-11-8-5/h2-4H2,1H3,(H,7,8,10,11). The summed E-state index contributed by atoms with van der Waals surface area (Å²) in [6, 6.07) is 0. The van der Waals surface area contributed by atoms with E-state index in [0.717, 1.165) is 23.1 Å². The van der Waals surface area contributed by atoms with E-state index in [1.165, 1.54) is 0 Å². The number of aryl methyl sites for hydroxylation is 1. The second kappa shape index (κ2) is 5.80. The van der Waals surface area contributed by atoms with Crippen molar-refractivity contribution in [3.8, 4) is 0 Å². The smallest absolute Gasteiger partial charge is 0.224 e. The molecule has 10 heteroatoms. The zero-order chi connectivity index (χ0) is 11.2. The lowest BCUT2D eigenvalue weighted by Gasteiger charge is -1.97. The van der Waals surface area contributed by atoms with Gasteiger partial charge in [0.1, 0.15) is 0 Å². The van der Waals surface area contributed by atoms with Gasteiger partial charge >= 0.3 is 0 Å². The summed E-state index contributed by atoms with van der Waals surface area (Å²) in [5.41, 5.74) is 0. The van der Waals surface area contributed by atoms with Crippen molar-refractivity contribution < 1.29 is 0 Å². The Morgan fingerprint density at radius 3 is 2.81 bits per heavy atom. The van der Waals surface area contributed by atoms with Crippen LogP contribution in [-0.4, -0.2) is 52.3 Å². The molecule has 86 valence electrons. The molecule has 0 saturated carbocycles. The van der Waals surface area contributed by atoms with Crippen LogP contribution in [0.15, 0.2) is 10.3 Å². The molecule has 0 bridgehead atoms. The van der Waals surface area contributed by atoms with E-state index in [1.54, 1.807) is 28.2 Å². The van der Waals surface area contributed by atoms with Crippen molar-refractivity contribution in [2.45, 2.75) is 16.7 Å². The number of aromatic amines is 1. The first kappa shape index (κ1) is 11.3. The van der Waals surface area contributed by atoms with E-state index >= 15 is 0 Å². The lowest BCUT2D eigenvalue weighted by atomic mass is 10.6. The van der Waals surface area contributed by atoms with E-state index in [4.69, 9.17) is 0 Å². The van der Waals surface area contributed by atoms with E-state index in [0.29, 0.717) is 5.16 Å². The van der Waals surface area contributed by atoms with Gasteiger partial charge in [0.25, 0.3) is 0 Å². The van der Waals surface area contributed by atoms with Crippen LogP contribution < -0.4 is 0 Å². The van der Waals surface area contributed by atoms with E-state index in [1.807, 2.05) is 7.05 Å². The maximum Gasteiger partial charge on any atom is 0.230 e. The Kier molecular flexibility index (Phi) is 4.10. The number of hydrogen-bond donors (Lipinski definition) is 1. The molecule has 0 aromatic carbocycles. The molecule has 2 aromatic heterocycles. The molecule has 2 rings (SSSR count). The minimum Gasteiger partial charge on any atom is -0.224 e. The van der Waals surface area contributed by atoms with Gasteiger partial charge in [0, 0.05) is 18.6 Å². The Morgan fingerprint density at radius 2 is 2.12 bits per heavy atom. The maximum atomic E-state index is 3.88. The summed E-state index contributed by atoms with van der Waals surface area (Å²) in [5, 5.41) is 26.3. The Hall–Kier alpha value is -1.16. The minimum atomic E-state index is 0.685. The molecule has 0 aliphatic heterocycles. The van der Waals surface area contributed by atoms with E-state index in [-0.39, 0.29) is 0 Å². The molecule has 0 aliphatic carbocycles. The van der Waals surface area contributed by atoms with Gasteiger partial charge in [0.2, 0.25) is 10.3 Å². The molecule has 0 unspecified atom stereocenters. The van der Waals surface area contributed by atoms with Crippen LogP contribution in [0.2, 0.25) is 0 Å². The van der Waals surface area contributed by atoms with Gasteiger partial charge in [-0.3, -0.25) is 0 Å². The first-order valence-electron chi connectivity index (χ1n) is 4.57. The molecular formula is C6H10N8S2. The highest BCUT2D eigenvalue weighted by Gasteiger charge is 2.03. The van der Waals surface area contributed by atoms with Crippen LogP contribution in [0.5, 0.6) is 0 Å². The van der Waals surface area contributed by atoms with Gasteiger partial charge in [0.05, 0.1) is 0 Å². The largest absolute Gasteiger partial charge is 0.230 e. The molecule has 0 saturated heterocycles. The SMILES string of the molecule is Cn1nnnc1SCCCSc1nn[nH]n1. The third-order valence-corrected chi connectivity index (χ3v) is 3.68. The molecule has 2 heterocycles. The first-order chi connectivity index (χ1) is 7.86. The molecule has 16 heavy (non-hydrogen) atoms. The fourth-order valence-electron chi connectivity index (χ4n) is 0.943. The number of rotatable bonds is 6. The quantitative estimate of drug-likeness (QED) is 0.571. The number of nitrogens with zero attached hydrogens (tertiary/aromatic N) is 7. The van der Waals surface area contributed by atoms with Gasteiger partial charge in [-0.25, -0.2) is 4.68 Å². The number of nitrogens with one attached hydrogen (secondary N) is 1. The molecule has 0 fully saturated rings. The van der Waals surface area contributed by atoms with Crippen LogP contribution in [-0.2, 0) is 7.05 Å². The summed E-state index contributed by atoms with van der Waals surface area (Å²) >= 11 is 3.22.